The first-order chi connectivity index (χ1) is 11.9. The molecule has 5 N–H and O–H groups in total. The molecule has 0 aliphatic rings. The number of aromatic nitrogens is 2. The average Bonchev–Trinajstić information content (AvgIpc) is 2.53. The summed E-state index contributed by atoms with van der Waals surface area (Å²) in [6.45, 7) is 0. The minimum atomic E-state index is -1.07. The molecule has 1 amide bonds. The number of amides is 1. The molecule has 0 radical (unpaired) electrons. The van der Waals surface area contributed by atoms with Crippen LogP contribution in [0.2, 0.25) is 0 Å². The number of hydrogen-bond acceptors (Lipinski definition) is 6. The summed E-state index contributed by atoms with van der Waals surface area (Å²) >= 11 is 4.73. The molecule has 1 heterocycles. The zero-order valence-corrected chi connectivity index (χ0v) is 13.6. The van der Waals surface area contributed by atoms with Crippen molar-refractivity contribution in [3.05, 3.63) is 45.0 Å². The van der Waals surface area contributed by atoms with E-state index >= 15 is 0 Å². The third kappa shape index (κ3) is 5.11. The summed E-state index contributed by atoms with van der Waals surface area (Å²) in [4.78, 5) is 42.8. The lowest BCUT2D eigenvalue weighted by Crippen LogP contribution is -2.14. The summed E-state index contributed by atoms with van der Waals surface area (Å²) in [5, 5.41) is 20.9. The van der Waals surface area contributed by atoms with Crippen LogP contribution in [-0.4, -0.2) is 38.3 Å². The second kappa shape index (κ2) is 8.02. The van der Waals surface area contributed by atoms with E-state index in [1.54, 1.807) is 24.3 Å². The SMILES string of the molecule is O=C(O)CCC(=O)Nc1ccccc1N=Cc1c(O)[nH]c(=S)[nH]c1=O. The van der Waals surface area contributed by atoms with Crippen LogP contribution < -0.4 is 10.9 Å². The maximum absolute atomic E-state index is 11.8. The second-order valence-corrected chi connectivity index (χ2v) is 5.30. The van der Waals surface area contributed by atoms with Crippen molar-refractivity contribution in [3.63, 3.8) is 0 Å². The van der Waals surface area contributed by atoms with Gasteiger partial charge in [0.2, 0.25) is 11.8 Å². The van der Waals surface area contributed by atoms with E-state index in [4.69, 9.17) is 17.3 Å². The summed E-state index contributed by atoms with van der Waals surface area (Å²) in [5.74, 6) is -1.98. The number of carboxylic acid groups (broad SMARTS) is 1. The number of carboxylic acids is 1. The fourth-order valence-corrected chi connectivity index (χ4v) is 2.05. The van der Waals surface area contributed by atoms with Crippen LogP contribution in [0.15, 0.2) is 34.1 Å². The highest BCUT2D eigenvalue weighted by molar-refractivity contribution is 7.71. The molecule has 9 nitrogen and oxygen atoms in total. The van der Waals surface area contributed by atoms with E-state index in [0.717, 1.165) is 6.21 Å². The number of rotatable bonds is 6. The maximum atomic E-state index is 11.8. The Balaban J connectivity index is 2.24. The molecule has 0 aliphatic carbocycles. The van der Waals surface area contributed by atoms with E-state index in [9.17, 15) is 19.5 Å². The average molecular weight is 362 g/mol. The lowest BCUT2D eigenvalue weighted by atomic mass is 10.2. The molecule has 0 saturated carbocycles. The fraction of sp³-hybridized carbons (Fsp3) is 0.133. The Kier molecular flexibility index (Phi) is 5.79. The molecule has 130 valence electrons. The molecular weight excluding hydrogens is 348 g/mol. The summed E-state index contributed by atoms with van der Waals surface area (Å²) in [5.41, 5.74) is -0.0741. The molecule has 0 spiro atoms. The first-order valence-electron chi connectivity index (χ1n) is 7.07. The number of hydrogen-bond donors (Lipinski definition) is 5. The Hall–Kier alpha value is -3.27. The summed E-state index contributed by atoms with van der Waals surface area (Å²) in [6.07, 6.45) is 0.661. The Labute approximate surface area is 146 Å². The zero-order chi connectivity index (χ0) is 18.4. The Morgan fingerprint density at radius 1 is 1.24 bits per heavy atom. The van der Waals surface area contributed by atoms with Crippen molar-refractivity contribution in [3.8, 4) is 5.88 Å². The monoisotopic (exact) mass is 362 g/mol. The topological polar surface area (TPSA) is 148 Å². The number of aliphatic carboxylic acids is 1. The predicted octanol–water partition coefficient (Wildman–Crippen LogP) is 1.69. The molecule has 2 aromatic rings. The largest absolute Gasteiger partial charge is 0.494 e. The number of carbonyl (C=O) groups excluding carboxylic acids is 1. The number of carbonyl (C=O) groups is 2. The number of para-hydroxylation sites is 2. The molecule has 2 rings (SSSR count). The van der Waals surface area contributed by atoms with Gasteiger partial charge in [-0.25, -0.2) is 0 Å². The van der Waals surface area contributed by atoms with Crippen LogP contribution in [0.4, 0.5) is 11.4 Å². The third-order valence-electron chi connectivity index (χ3n) is 3.04. The Morgan fingerprint density at radius 3 is 2.64 bits per heavy atom. The van der Waals surface area contributed by atoms with Crippen molar-refractivity contribution >= 4 is 41.7 Å². The molecule has 1 aromatic carbocycles. The first-order valence-corrected chi connectivity index (χ1v) is 7.48. The molecule has 0 atom stereocenters. The predicted molar refractivity (Wildman–Crippen MR) is 93.1 cm³/mol. The van der Waals surface area contributed by atoms with E-state index in [2.05, 4.69) is 20.3 Å². The van der Waals surface area contributed by atoms with Crippen LogP contribution in [0.1, 0.15) is 18.4 Å². The lowest BCUT2D eigenvalue weighted by molar-refractivity contribution is -0.138. The van der Waals surface area contributed by atoms with Gasteiger partial charge in [0.1, 0.15) is 5.56 Å². The highest BCUT2D eigenvalue weighted by Gasteiger charge is 2.09. The van der Waals surface area contributed by atoms with Crippen molar-refractivity contribution in [2.45, 2.75) is 12.8 Å². The van der Waals surface area contributed by atoms with Gasteiger partial charge in [0.15, 0.2) is 4.77 Å². The van der Waals surface area contributed by atoms with Crippen LogP contribution in [0.25, 0.3) is 0 Å². The smallest absolute Gasteiger partial charge is 0.303 e. The van der Waals surface area contributed by atoms with Gasteiger partial charge >= 0.3 is 5.97 Å². The number of H-pyrrole nitrogens is 2. The first kappa shape index (κ1) is 18.1. The number of nitrogens with one attached hydrogen (secondary N) is 3. The number of aromatic amines is 2. The molecule has 1 aromatic heterocycles. The van der Waals surface area contributed by atoms with Gasteiger partial charge in [-0.15, -0.1) is 0 Å². The van der Waals surface area contributed by atoms with Gasteiger partial charge in [-0.3, -0.25) is 24.4 Å². The van der Waals surface area contributed by atoms with E-state index in [1.165, 1.54) is 0 Å². The van der Waals surface area contributed by atoms with Gasteiger partial charge in [-0.1, -0.05) is 12.1 Å². The van der Waals surface area contributed by atoms with Crippen LogP contribution in [-0.2, 0) is 9.59 Å². The van der Waals surface area contributed by atoms with Crippen molar-refractivity contribution in [2.75, 3.05) is 5.32 Å². The number of benzene rings is 1. The van der Waals surface area contributed by atoms with Crippen molar-refractivity contribution in [1.29, 1.82) is 0 Å². The van der Waals surface area contributed by atoms with Crippen LogP contribution in [0.3, 0.4) is 0 Å². The highest BCUT2D eigenvalue weighted by atomic mass is 32.1. The van der Waals surface area contributed by atoms with E-state index < -0.39 is 23.3 Å². The van der Waals surface area contributed by atoms with Crippen LogP contribution in [0.5, 0.6) is 5.88 Å². The van der Waals surface area contributed by atoms with Crippen LogP contribution in [0, 0.1) is 4.77 Å². The number of aromatic hydroxyl groups is 1. The Morgan fingerprint density at radius 2 is 1.96 bits per heavy atom. The van der Waals surface area contributed by atoms with Crippen molar-refractivity contribution < 1.29 is 19.8 Å². The van der Waals surface area contributed by atoms with Gasteiger partial charge in [-0.2, -0.15) is 0 Å². The van der Waals surface area contributed by atoms with Gasteiger partial charge < -0.3 is 20.5 Å². The minimum absolute atomic E-state index is 0.0225. The minimum Gasteiger partial charge on any atom is -0.494 e. The molecule has 25 heavy (non-hydrogen) atoms. The number of nitrogens with zero attached hydrogens (tertiary/aromatic N) is 1. The zero-order valence-electron chi connectivity index (χ0n) is 12.8. The van der Waals surface area contributed by atoms with Gasteiger partial charge in [0, 0.05) is 12.6 Å². The molecule has 0 fully saturated rings. The van der Waals surface area contributed by atoms with Crippen LogP contribution >= 0.6 is 12.2 Å². The molecule has 0 aliphatic heterocycles. The van der Waals surface area contributed by atoms with Gasteiger partial charge in [0.05, 0.1) is 17.8 Å². The van der Waals surface area contributed by atoms with Crippen molar-refractivity contribution in [1.82, 2.24) is 9.97 Å². The molecular formula is C15H14N4O5S. The lowest BCUT2D eigenvalue weighted by Gasteiger charge is -2.07. The quantitative estimate of drug-likeness (QED) is 0.390. The molecule has 0 unspecified atom stereocenters. The number of aliphatic imine (C=N–C) groups is 1. The van der Waals surface area contributed by atoms with E-state index in [1.807, 2.05) is 0 Å². The highest BCUT2D eigenvalue weighted by Crippen LogP contribution is 2.24. The van der Waals surface area contributed by atoms with E-state index in [-0.39, 0.29) is 23.2 Å². The standard InChI is InChI=1S/C15H14N4O5S/c20-11(5-6-12(21)22)17-10-4-2-1-3-9(10)16-7-8-13(23)18-15(25)19-14(8)24/h1-4,7H,5-6H2,(H,17,20)(H,21,22)(H3,18,19,23,24,25). The number of anilines is 1. The maximum Gasteiger partial charge on any atom is 0.303 e. The van der Waals surface area contributed by atoms with Crippen molar-refractivity contribution in [2.24, 2.45) is 4.99 Å². The van der Waals surface area contributed by atoms with Gasteiger partial charge in [-0.05, 0) is 24.4 Å². The molecule has 0 saturated heterocycles. The summed E-state index contributed by atoms with van der Waals surface area (Å²) < 4.78 is -0.0225. The van der Waals surface area contributed by atoms with Gasteiger partial charge in [0.25, 0.3) is 5.56 Å². The normalized spacial score (nSPS) is 10.7. The second-order valence-electron chi connectivity index (χ2n) is 4.89. The molecule has 10 heteroatoms. The third-order valence-corrected chi connectivity index (χ3v) is 3.24. The fourth-order valence-electron chi connectivity index (χ4n) is 1.86. The molecule has 0 bridgehead atoms. The Bertz CT molecular complexity index is 947. The van der Waals surface area contributed by atoms with E-state index in [0.29, 0.717) is 11.4 Å². The summed E-state index contributed by atoms with van der Waals surface area (Å²) in [7, 11) is 0. The summed E-state index contributed by atoms with van der Waals surface area (Å²) in [6, 6.07) is 6.49.